The van der Waals surface area contributed by atoms with Crippen LogP contribution in [0.1, 0.15) is 54.4 Å². The molecule has 0 nitrogen and oxygen atoms in total. The summed E-state index contributed by atoms with van der Waals surface area (Å²) < 4.78 is 0. The summed E-state index contributed by atoms with van der Waals surface area (Å²) >= 11 is 0. The Morgan fingerprint density at radius 2 is 1.00 bits per heavy atom. The number of rotatable bonds is 3. The minimum Gasteiger partial charge on any atom is -0.0776 e. The third-order valence-corrected chi connectivity index (χ3v) is 0.957. The normalized spacial score (nSPS) is 6.75. The van der Waals surface area contributed by atoms with Crippen LogP contribution < -0.4 is 0 Å². The van der Waals surface area contributed by atoms with E-state index in [1.807, 2.05) is 0 Å². The zero-order valence-electron chi connectivity index (χ0n) is 4.83. The van der Waals surface area contributed by atoms with Crippen LogP contribution in [-0.4, -0.2) is 0 Å². The van der Waals surface area contributed by atoms with E-state index in [0.717, 1.165) is 0 Å². The Hall–Kier alpha value is 0. The van der Waals surface area contributed by atoms with E-state index in [1.165, 1.54) is 25.7 Å². The second kappa shape index (κ2) is 15.8. The van der Waals surface area contributed by atoms with Crippen LogP contribution in [0.25, 0.3) is 0 Å². The van der Waals surface area contributed by atoms with Crippen molar-refractivity contribution in [2.24, 2.45) is 0 Å². The first-order valence-corrected chi connectivity index (χ1v) is 2.91. The van der Waals surface area contributed by atoms with E-state index in [1.54, 1.807) is 0 Å². The van der Waals surface area contributed by atoms with Crippen molar-refractivity contribution in [1.29, 1.82) is 0 Å². The summed E-state index contributed by atoms with van der Waals surface area (Å²) in [6.45, 7) is 4.46. The van der Waals surface area contributed by atoms with Gasteiger partial charge >= 0.3 is 0 Å². The van der Waals surface area contributed by atoms with Gasteiger partial charge in [0.25, 0.3) is 0 Å². The molecule has 0 aromatic rings. The van der Waals surface area contributed by atoms with Gasteiger partial charge in [0.2, 0.25) is 0 Å². The van der Waals surface area contributed by atoms with Crippen molar-refractivity contribution in [1.82, 2.24) is 0 Å². The molecule has 0 saturated carbocycles. The Balaban J connectivity index is -0.000000125. The molecule has 0 aliphatic heterocycles. The highest BCUT2D eigenvalue weighted by molar-refractivity contribution is 4.31. The summed E-state index contributed by atoms with van der Waals surface area (Å²) in [7, 11) is 0. The monoisotopic (exact) mass is 118 g/mol. The van der Waals surface area contributed by atoms with Crippen LogP contribution in [-0.2, 0) is 0 Å². The van der Waals surface area contributed by atoms with E-state index < -0.39 is 0 Å². The van der Waals surface area contributed by atoms with Crippen LogP contribution in [0.3, 0.4) is 0 Å². The van der Waals surface area contributed by atoms with Crippen molar-refractivity contribution in [2.75, 3.05) is 0 Å². The predicted molar refractivity (Wildman–Crippen MR) is 43.3 cm³/mol. The van der Waals surface area contributed by atoms with E-state index in [2.05, 4.69) is 13.8 Å². The smallest absolute Gasteiger partial charge is 0.0536 e. The lowest BCUT2D eigenvalue weighted by atomic mass is 10.2. The van der Waals surface area contributed by atoms with E-state index >= 15 is 0 Å². The van der Waals surface area contributed by atoms with Gasteiger partial charge in [-0.3, -0.25) is 0 Å². The van der Waals surface area contributed by atoms with Crippen LogP contribution in [0.15, 0.2) is 0 Å². The van der Waals surface area contributed by atoms with Crippen molar-refractivity contribution in [2.45, 2.75) is 54.4 Å². The molecule has 0 heterocycles. The maximum atomic E-state index is 2.23. The third kappa shape index (κ3) is 16.7. The standard InChI is InChI=1S/C6H14.2CH4/c1-3-5-6-4-2;;/h3-6H2,1-2H3;2*1H4. The highest BCUT2D eigenvalue weighted by atomic mass is 13.8. The highest BCUT2D eigenvalue weighted by Crippen LogP contribution is 1.95. The van der Waals surface area contributed by atoms with Crippen molar-refractivity contribution in [3.8, 4) is 0 Å². The van der Waals surface area contributed by atoms with Crippen molar-refractivity contribution in [3.63, 3.8) is 0 Å². The second-order valence-electron chi connectivity index (χ2n) is 1.71. The highest BCUT2D eigenvalue weighted by Gasteiger charge is 1.75. The Morgan fingerprint density at radius 1 is 0.750 bits per heavy atom. The fourth-order valence-corrected chi connectivity index (χ4v) is 0.500. The minimum absolute atomic E-state index is 0. The second-order valence-corrected chi connectivity index (χ2v) is 1.71. The quantitative estimate of drug-likeness (QED) is 0.494. The van der Waals surface area contributed by atoms with Crippen LogP contribution >= 0.6 is 0 Å². The van der Waals surface area contributed by atoms with Gasteiger partial charge in [0, 0.05) is 0 Å². The number of hydrogen-bond acceptors (Lipinski definition) is 0. The van der Waals surface area contributed by atoms with Crippen molar-refractivity contribution < 1.29 is 0 Å². The Kier molecular flexibility index (Phi) is 30.9. The number of hydrogen-bond donors (Lipinski definition) is 0. The SMILES string of the molecule is C.C.CCCCCC. The average molecular weight is 118 g/mol. The fourth-order valence-electron chi connectivity index (χ4n) is 0.500. The number of unbranched alkanes of at least 4 members (excludes halogenated alkanes) is 3. The molecular formula is C8H22. The summed E-state index contributed by atoms with van der Waals surface area (Å²) in [5.41, 5.74) is 0. The third-order valence-electron chi connectivity index (χ3n) is 0.957. The summed E-state index contributed by atoms with van der Waals surface area (Å²) in [6, 6.07) is 0. The first-order valence-electron chi connectivity index (χ1n) is 2.91. The first kappa shape index (κ1) is 15.7. The molecule has 0 rings (SSSR count). The molecule has 0 aliphatic rings. The lowest BCUT2D eigenvalue weighted by Crippen LogP contribution is -1.66. The minimum atomic E-state index is 0. The van der Waals surface area contributed by atoms with Gasteiger partial charge in [-0.1, -0.05) is 54.4 Å². The molecule has 0 heteroatoms. The van der Waals surface area contributed by atoms with E-state index in [9.17, 15) is 0 Å². The molecule has 0 N–H and O–H groups in total. The zero-order chi connectivity index (χ0) is 4.83. The Bertz CT molecular complexity index is 12.0. The van der Waals surface area contributed by atoms with Gasteiger partial charge in [0.1, 0.15) is 0 Å². The largest absolute Gasteiger partial charge is 0.0776 e. The predicted octanol–water partition coefficient (Wildman–Crippen LogP) is 3.86. The molecule has 0 atom stereocenters. The molecular weight excluding hydrogens is 96.1 g/mol. The molecule has 0 aromatic heterocycles. The van der Waals surface area contributed by atoms with Gasteiger partial charge in [-0.15, -0.1) is 0 Å². The van der Waals surface area contributed by atoms with Crippen molar-refractivity contribution >= 4 is 0 Å². The van der Waals surface area contributed by atoms with Gasteiger partial charge < -0.3 is 0 Å². The molecule has 0 aliphatic carbocycles. The molecule has 0 saturated heterocycles. The summed E-state index contributed by atoms with van der Waals surface area (Å²) in [4.78, 5) is 0. The summed E-state index contributed by atoms with van der Waals surface area (Å²) in [6.07, 6.45) is 5.54. The molecule has 0 unspecified atom stereocenters. The Labute approximate surface area is 55.3 Å². The van der Waals surface area contributed by atoms with Crippen LogP contribution in [0.4, 0.5) is 0 Å². The molecule has 0 aromatic carbocycles. The molecule has 0 radical (unpaired) electrons. The maximum absolute atomic E-state index is 2.23. The molecule has 8 heavy (non-hydrogen) atoms. The zero-order valence-corrected chi connectivity index (χ0v) is 4.83. The van der Waals surface area contributed by atoms with E-state index in [-0.39, 0.29) is 14.9 Å². The lowest BCUT2D eigenvalue weighted by Gasteiger charge is -1.86. The van der Waals surface area contributed by atoms with Gasteiger partial charge in [0.15, 0.2) is 0 Å². The van der Waals surface area contributed by atoms with Gasteiger partial charge in [-0.25, -0.2) is 0 Å². The average Bonchev–Trinajstić information content (AvgIpc) is 1.61. The first-order chi connectivity index (χ1) is 2.91. The summed E-state index contributed by atoms with van der Waals surface area (Å²) in [5, 5.41) is 0. The van der Waals surface area contributed by atoms with Crippen LogP contribution in [0, 0.1) is 0 Å². The van der Waals surface area contributed by atoms with Crippen LogP contribution in [0.5, 0.6) is 0 Å². The van der Waals surface area contributed by atoms with E-state index in [0.29, 0.717) is 0 Å². The molecule has 0 fully saturated rings. The molecule has 0 bridgehead atoms. The molecule has 54 valence electrons. The maximum Gasteiger partial charge on any atom is -0.0536 e. The fraction of sp³-hybridized carbons (Fsp3) is 1.00. The van der Waals surface area contributed by atoms with Crippen LogP contribution in [0.2, 0.25) is 0 Å². The topological polar surface area (TPSA) is 0 Å². The van der Waals surface area contributed by atoms with Gasteiger partial charge in [-0.2, -0.15) is 0 Å². The van der Waals surface area contributed by atoms with Crippen molar-refractivity contribution in [3.05, 3.63) is 0 Å². The van der Waals surface area contributed by atoms with E-state index in [4.69, 9.17) is 0 Å². The molecule has 0 spiro atoms. The summed E-state index contributed by atoms with van der Waals surface area (Å²) in [5.74, 6) is 0. The van der Waals surface area contributed by atoms with Gasteiger partial charge in [0.05, 0.1) is 0 Å². The molecule has 0 amide bonds. The Morgan fingerprint density at radius 3 is 1.12 bits per heavy atom. The lowest BCUT2D eigenvalue weighted by molar-refractivity contribution is 0.702. The van der Waals surface area contributed by atoms with Gasteiger partial charge in [-0.05, 0) is 0 Å².